The standard InChI is InChI=1S/C15H10ClFN2O/c16-13-4-2-1-3-10(13)8-15(20)19-14-6-5-12(17)7-11(14)9-18/h1-7H,8H2,(H,19,20). The van der Waals surface area contributed by atoms with E-state index in [1.807, 2.05) is 6.07 Å². The molecule has 0 aliphatic rings. The van der Waals surface area contributed by atoms with Crippen molar-refractivity contribution in [3.05, 3.63) is 64.4 Å². The van der Waals surface area contributed by atoms with E-state index in [-0.39, 0.29) is 23.6 Å². The molecule has 0 bridgehead atoms. The Morgan fingerprint density at radius 1 is 1.30 bits per heavy atom. The number of hydrogen-bond donors (Lipinski definition) is 1. The van der Waals surface area contributed by atoms with Crippen molar-refractivity contribution < 1.29 is 9.18 Å². The zero-order valence-corrected chi connectivity index (χ0v) is 11.1. The van der Waals surface area contributed by atoms with Gasteiger partial charge in [0.25, 0.3) is 0 Å². The Morgan fingerprint density at radius 3 is 2.75 bits per heavy atom. The number of nitrogens with one attached hydrogen (secondary N) is 1. The molecule has 0 atom stereocenters. The molecule has 5 heteroatoms. The van der Waals surface area contributed by atoms with Gasteiger partial charge in [-0.3, -0.25) is 4.79 Å². The zero-order chi connectivity index (χ0) is 14.5. The fraction of sp³-hybridized carbons (Fsp3) is 0.0667. The van der Waals surface area contributed by atoms with E-state index >= 15 is 0 Å². The predicted molar refractivity (Wildman–Crippen MR) is 74.9 cm³/mol. The van der Waals surface area contributed by atoms with Gasteiger partial charge in [0.15, 0.2) is 0 Å². The van der Waals surface area contributed by atoms with Crippen LogP contribution < -0.4 is 5.32 Å². The SMILES string of the molecule is N#Cc1cc(F)ccc1NC(=O)Cc1ccccc1Cl. The molecule has 1 N–H and O–H groups in total. The van der Waals surface area contributed by atoms with Crippen LogP contribution in [0.1, 0.15) is 11.1 Å². The molecule has 2 aromatic rings. The van der Waals surface area contributed by atoms with E-state index < -0.39 is 5.82 Å². The first-order chi connectivity index (χ1) is 9.60. The topological polar surface area (TPSA) is 52.9 Å². The molecule has 0 unspecified atom stereocenters. The van der Waals surface area contributed by atoms with E-state index in [1.54, 1.807) is 24.3 Å². The summed E-state index contributed by atoms with van der Waals surface area (Å²) in [5.41, 5.74) is 1.05. The van der Waals surface area contributed by atoms with E-state index in [1.165, 1.54) is 12.1 Å². The lowest BCUT2D eigenvalue weighted by Gasteiger charge is -2.08. The molecule has 0 aromatic heterocycles. The van der Waals surface area contributed by atoms with Gasteiger partial charge in [0.2, 0.25) is 5.91 Å². The molecule has 2 aromatic carbocycles. The molecule has 0 saturated carbocycles. The van der Waals surface area contributed by atoms with Gasteiger partial charge in [0.05, 0.1) is 17.7 Å². The van der Waals surface area contributed by atoms with Crippen molar-refractivity contribution in [1.29, 1.82) is 5.26 Å². The van der Waals surface area contributed by atoms with Gasteiger partial charge in [-0.05, 0) is 29.8 Å². The number of carbonyl (C=O) groups is 1. The molecule has 0 fully saturated rings. The normalized spacial score (nSPS) is 9.85. The molecular formula is C15H10ClFN2O. The van der Waals surface area contributed by atoms with Crippen molar-refractivity contribution in [1.82, 2.24) is 0 Å². The van der Waals surface area contributed by atoms with Crippen molar-refractivity contribution in [3.63, 3.8) is 0 Å². The highest BCUT2D eigenvalue weighted by molar-refractivity contribution is 6.31. The van der Waals surface area contributed by atoms with Gasteiger partial charge in [-0.2, -0.15) is 5.26 Å². The van der Waals surface area contributed by atoms with E-state index in [9.17, 15) is 9.18 Å². The van der Waals surface area contributed by atoms with Crippen LogP contribution in [0, 0.1) is 17.1 Å². The summed E-state index contributed by atoms with van der Waals surface area (Å²) in [7, 11) is 0. The molecule has 3 nitrogen and oxygen atoms in total. The maximum atomic E-state index is 13.0. The lowest BCUT2D eigenvalue weighted by atomic mass is 10.1. The van der Waals surface area contributed by atoms with Gasteiger partial charge in [0.1, 0.15) is 11.9 Å². The molecule has 100 valence electrons. The average Bonchev–Trinajstić information content (AvgIpc) is 2.43. The highest BCUT2D eigenvalue weighted by Crippen LogP contribution is 2.18. The van der Waals surface area contributed by atoms with Crippen LogP contribution in [0.3, 0.4) is 0 Å². The molecule has 0 radical (unpaired) electrons. The van der Waals surface area contributed by atoms with Crippen molar-refractivity contribution in [2.24, 2.45) is 0 Å². The highest BCUT2D eigenvalue weighted by Gasteiger charge is 2.10. The zero-order valence-electron chi connectivity index (χ0n) is 10.4. The smallest absolute Gasteiger partial charge is 0.228 e. The third-order valence-electron chi connectivity index (χ3n) is 2.69. The lowest BCUT2D eigenvalue weighted by molar-refractivity contribution is -0.115. The predicted octanol–water partition coefficient (Wildman–Crippen LogP) is 3.53. The molecular weight excluding hydrogens is 279 g/mol. The Kier molecular flexibility index (Phi) is 4.34. The summed E-state index contributed by atoms with van der Waals surface area (Å²) in [5, 5.41) is 12.0. The number of anilines is 1. The summed E-state index contributed by atoms with van der Waals surface area (Å²) in [5.74, 6) is -0.841. The van der Waals surface area contributed by atoms with E-state index in [0.717, 1.165) is 6.07 Å². The fourth-order valence-corrected chi connectivity index (χ4v) is 1.93. The Bertz CT molecular complexity index is 695. The molecule has 0 aliphatic heterocycles. The number of hydrogen-bond acceptors (Lipinski definition) is 2. The van der Waals surface area contributed by atoms with Gasteiger partial charge >= 0.3 is 0 Å². The van der Waals surface area contributed by atoms with Crippen LogP contribution in [0.4, 0.5) is 10.1 Å². The summed E-state index contributed by atoms with van der Waals surface area (Å²) in [6.07, 6.45) is 0.0852. The van der Waals surface area contributed by atoms with Crippen molar-refractivity contribution >= 4 is 23.2 Å². The number of halogens is 2. The summed E-state index contributed by atoms with van der Waals surface area (Å²) >= 11 is 5.97. The highest BCUT2D eigenvalue weighted by atomic mass is 35.5. The Morgan fingerprint density at radius 2 is 2.05 bits per heavy atom. The number of rotatable bonds is 3. The van der Waals surface area contributed by atoms with Crippen LogP contribution in [0.25, 0.3) is 0 Å². The molecule has 2 rings (SSSR count). The van der Waals surface area contributed by atoms with Crippen molar-refractivity contribution in [2.45, 2.75) is 6.42 Å². The van der Waals surface area contributed by atoms with Crippen LogP contribution in [-0.2, 0) is 11.2 Å². The molecule has 0 aliphatic carbocycles. The Hall–Kier alpha value is -2.38. The minimum absolute atomic E-state index is 0.0810. The largest absolute Gasteiger partial charge is 0.325 e. The second kappa shape index (κ2) is 6.18. The molecule has 0 heterocycles. The molecule has 1 amide bonds. The van der Waals surface area contributed by atoms with Crippen LogP contribution in [0.5, 0.6) is 0 Å². The minimum Gasteiger partial charge on any atom is -0.325 e. The molecule has 0 saturated heterocycles. The summed E-state index contributed by atoms with van der Waals surface area (Å²) < 4.78 is 13.0. The fourth-order valence-electron chi connectivity index (χ4n) is 1.73. The minimum atomic E-state index is -0.523. The number of carbonyl (C=O) groups excluding carboxylic acids is 1. The van der Waals surface area contributed by atoms with Gasteiger partial charge in [0, 0.05) is 5.02 Å². The first-order valence-electron chi connectivity index (χ1n) is 5.83. The van der Waals surface area contributed by atoms with Crippen LogP contribution in [-0.4, -0.2) is 5.91 Å². The monoisotopic (exact) mass is 288 g/mol. The summed E-state index contributed by atoms with van der Waals surface area (Å²) in [6, 6.07) is 12.5. The molecule has 0 spiro atoms. The maximum Gasteiger partial charge on any atom is 0.228 e. The van der Waals surface area contributed by atoms with Gasteiger partial charge < -0.3 is 5.32 Å². The van der Waals surface area contributed by atoms with Gasteiger partial charge in [-0.25, -0.2) is 4.39 Å². The third-order valence-corrected chi connectivity index (χ3v) is 3.05. The second-order valence-corrected chi connectivity index (χ2v) is 4.53. The third kappa shape index (κ3) is 3.34. The first-order valence-corrected chi connectivity index (χ1v) is 6.21. The number of nitriles is 1. The first kappa shape index (κ1) is 14.0. The van der Waals surface area contributed by atoms with E-state index in [2.05, 4.69) is 5.32 Å². The van der Waals surface area contributed by atoms with Crippen LogP contribution in [0.2, 0.25) is 5.02 Å². The van der Waals surface area contributed by atoms with Gasteiger partial charge in [-0.15, -0.1) is 0 Å². The van der Waals surface area contributed by atoms with E-state index in [0.29, 0.717) is 10.6 Å². The summed E-state index contributed by atoms with van der Waals surface area (Å²) in [6.45, 7) is 0. The second-order valence-electron chi connectivity index (χ2n) is 4.12. The maximum absolute atomic E-state index is 13.0. The molecule has 20 heavy (non-hydrogen) atoms. The van der Waals surface area contributed by atoms with E-state index in [4.69, 9.17) is 16.9 Å². The van der Waals surface area contributed by atoms with Crippen molar-refractivity contribution in [2.75, 3.05) is 5.32 Å². The Balaban J connectivity index is 2.13. The quantitative estimate of drug-likeness (QED) is 0.939. The van der Waals surface area contributed by atoms with Crippen molar-refractivity contribution in [3.8, 4) is 6.07 Å². The Labute approximate surface area is 120 Å². The average molecular weight is 289 g/mol. The van der Waals surface area contributed by atoms with Crippen LogP contribution in [0.15, 0.2) is 42.5 Å². The summed E-state index contributed by atoms with van der Waals surface area (Å²) in [4.78, 5) is 11.9. The number of nitrogens with zero attached hydrogens (tertiary/aromatic N) is 1. The number of amides is 1. The van der Waals surface area contributed by atoms with Crippen LogP contribution >= 0.6 is 11.6 Å². The number of benzene rings is 2. The lowest BCUT2D eigenvalue weighted by Crippen LogP contribution is -2.15. The van der Waals surface area contributed by atoms with Gasteiger partial charge in [-0.1, -0.05) is 29.8 Å².